The summed E-state index contributed by atoms with van der Waals surface area (Å²) in [7, 11) is 0. The Hall–Kier alpha value is -0.0400. The largest absolute Gasteiger partial charge is 0.317 e. The number of hydrogen-bond donors (Lipinski definition) is 1. The van der Waals surface area contributed by atoms with Crippen molar-refractivity contribution in [1.29, 1.82) is 0 Å². The van der Waals surface area contributed by atoms with Gasteiger partial charge in [-0.15, -0.1) is 0 Å². The Morgan fingerprint density at radius 1 is 0.923 bits per heavy atom. The molecule has 2 rings (SSSR count). The van der Waals surface area contributed by atoms with Crippen LogP contribution in [0.1, 0.15) is 45.4 Å². The minimum Gasteiger partial charge on any atom is -0.317 e. The van der Waals surface area contributed by atoms with Gasteiger partial charge in [0.15, 0.2) is 0 Å². The van der Waals surface area contributed by atoms with Gasteiger partial charge in [-0.25, -0.2) is 0 Å². The highest BCUT2D eigenvalue weighted by Gasteiger charge is 2.28. The van der Waals surface area contributed by atoms with Crippen molar-refractivity contribution >= 4 is 0 Å². The van der Waals surface area contributed by atoms with Crippen LogP contribution in [0, 0.1) is 17.8 Å². The maximum Gasteiger partial charge on any atom is -0.00462 e. The maximum atomic E-state index is 3.51. The van der Waals surface area contributed by atoms with E-state index in [1.807, 2.05) is 0 Å². The SMILES string of the molecule is CC1CCC(C2CCCNCC2)C1. The summed E-state index contributed by atoms with van der Waals surface area (Å²) in [5.74, 6) is 3.15. The molecule has 1 aliphatic carbocycles. The Kier molecular flexibility index (Phi) is 3.26. The second-order valence-corrected chi connectivity index (χ2v) is 5.12. The second-order valence-electron chi connectivity index (χ2n) is 5.12. The molecule has 0 bridgehead atoms. The van der Waals surface area contributed by atoms with Gasteiger partial charge in [0.05, 0.1) is 0 Å². The lowest BCUT2D eigenvalue weighted by atomic mass is 9.85. The van der Waals surface area contributed by atoms with Crippen molar-refractivity contribution in [2.24, 2.45) is 17.8 Å². The number of rotatable bonds is 1. The Morgan fingerprint density at radius 2 is 1.85 bits per heavy atom. The van der Waals surface area contributed by atoms with E-state index in [9.17, 15) is 0 Å². The van der Waals surface area contributed by atoms with Crippen LogP contribution in [0.25, 0.3) is 0 Å². The van der Waals surface area contributed by atoms with Crippen molar-refractivity contribution in [3.05, 3.63) is 0 Å². The zero-order chi connectivity index (χ0) is 9.10. The summed E-state index contributed by atoms with van der Waals surface area (Å²) < 4.78 is 0. The van der Waals surface area contributed by atoms with Gasteiger partial charge in [-0.1, -0.05) is 13.3 Å². The molecule has 1 heterocycles. The smallest absolute Gasteiger partial charge is 0.00462 e. The fraction of sp³-hybridized carbons (Fsp3) is 1.00. The molecule has 0 aromatic heterocycles. The monoisotopic (exact) mass is 181 g/mol. The molecule has 3 atom stereocenters. The quantitative estimate of drug-likeness (QED) is 0.656. The first-order chi connectivity index (χ1) is 6.36. The van der Waals surface area contributed by atoms with Gasteiger partial charge in [0, 0.05) is 0 Å². The molecule has 0 spiro atoms. The van der Waals surface area contributed by atoms with Gasteiger partial charge < -0.3 is 5.32 Å². The maximum absolute atomic E-state index is 3.51. The van der Waals surface area contributed by atoms with Gasteiger partial charge >= 0.3 is 0 Å². The third-order valence-electron chi connectivity index (χ3n) is 4.02. The van der Waals surface area contributed by atoms with E-state index in [0.717, 1.165) is 17.8 Å². The third kappa shape index (κ3) is 2.46. The normalized spacial score (nSPS) is 41.8. The summed E-state index contributed by atoms with van der Waals surface area (Å²) >= 11 is 0. The summed E-state index contributed by atoms with van der Waals surface area (Å²) in [6.45, 7) is 4.96. The Morgan fingerprint density at radius 3 is 2.62 bits per heavy atom. The molecule has 0 aromatic rings. The van der Waals surface area contributed by atoms with Crippen LogP contribution in [0.15, 0.2) is 0 Å². The van der Waals surface area contributed by atoms with Crippen molar-refractivity contribution in [1.82, 2.24) is 5.32 Å². The molecule has 0 amide bonds. The van der Waals surface area contributed by atoms with E-state index in [0.29, 0.717) is 0 Å². The van der Waals surface area contributed by atoms with E-state index < -0.39 is 0 Å². The van der Waals surface area contributed by atoms with Crippen LogP contribution >= 0.6 is 0 Å². The van der Waals surface area contributed by atoms with Gasteiger partial charge in [-0.3, -0.25) is 0 Å². The van der Waals surface area contributed by atoms with E-state index >= 15 is 0 Å². The summed E-state index contributed by atoms with van der Waals surface area (Å²) in [6, 6.07) is 0. The zero-order valence-electron chi connectivity index (χ0n) is 8.89. The first-order valence-corrected chi connectivity index (χ1v) is 6.07. The van der Waals surface area contributed by atoms with E-state index in [-0.39, 0.29) is 0 Å². The fourth-order valence-electron chi connectivity index (χ4n) is 3.20. The fourth-order valence-corrected chi connectivity index (χ4v) is 3.20. The van der Waals surface area contributed by atoms with Crippen molar-refractivity contribution in [2.45, 2.75) is 45.4 Å². The van der Waals surface area contributed by atoms with Crippen molar-refractivity contribution in [2.75, 3.05) is 13.1 Å². The van der Waals surface area contributed by atoms with Crippen LogP contribution in [-0.4, -0.2) is 13.1 Å². The van der Waals surface area contributed by atoms with Crippen molar-refractivity contribution < 1.29 is 0 Å². The molecule has 76 valence electrons. The lowest BCUT2D eigenvalue weighted by Crippen LogP contribution is -2.16. The molecule has 0 aromatic carbocycles. The predicted octanol–water partition coefficient (Wildman–Crippen LogP) is 2.81. The van der Waals surface area contributed by atoms with Crippen LogP contribution in [0.2, 0.25) is 0 Å². The van der Waals surface area contributed by atoms with Gasteiger partial charge in [0.2, 0.25) is 0 Å². The van der Waals surface area contributed by atoms with Crippen LogP contribution in [0.5, 0.6) is 0 Å². The van der Waals surface area contributed by atoms with Gasteiger partial charge in [-0.2, -0.15) is 0 Å². The molecular weight excluding hydrogens is 158 g/mol. The highest BCUT2D eigenvalue weighted by Crippen LogP contribution is 2.38. The Labute approximate surface area is 82.3 Å². The molecule has 1 nitrogen and oxygen atoms in total. The van der Waals surface area contributed by atoms with Crippen molar-refractivity contribution in [3.8, 4) is 0 Å². The Bertz CT molecular complexity index is 147. The molecule has 1 saturated carbocycles. The number of hydrogen-bond acceptors (Lipinski definition) is 1. The van der Waals surface area contributed by atoms with Crippen LogP contribution in [0.3, 0.4) is 0 Å². The summed E-state index contributed by atoms with van der Waals surface area (Å²) in [5, 5.41) is 3.51. The second kappa shape index (κ2) is 4.45. The standard InChI is InChI=1S/C12H23N/c1-10-4-5-12(9-10)11-3-2-7-13-8-6-11/h10-13H,2-9H2,1H3. The van der Waals surface area contributed by atoms with E-state index in [1.54, 1.807) is 0 Å². The molecule has 1 heteroatoms. The third-order valence-corrected chi connectivity index (χ3v) is 4.02. The first kappa shape index (κ1) is 9.51. The minimum atomic E-state index is 1.02. The average Bonchev–Trinajstić information content (AvgIpc) is 2.43. The molecule has 2 fully saturated rings. The zero-order valence-corrected chi connectivity index (χ0v) is 8.89. The molecule has 0 radical (unpaired) electrons. The molecule has 1 N–H and O–H groups in total. The van der Waals surface area contributed by atoms with E-state index in [1.165, 1.54) is 51.6 Å². The number of nitrogens with one attached hydrogen (secondary N) is 1. The lowest BCUT2D eigenvalue weighted by Gasteiger charge is -2.21. The summed E-state index contributed by atoms with van der Waals surface area (Å²) in [4.78, 5) is 0. The summed E-state index contributed by atoms with van der Waals surface area (Å²) in [5.41, 5.74) is 0. The highest BCUT2D eigenvalue weighted by atomic mass is 14.8. The predicted molar refractivity (Wildman–Crippen MR) is 56.7 cm³/mol. The summed E-state index contributed by atoms with van der Waals surface area (Å²) in [6.07, 6.45) is 8.88. The molecule has 1 saturated heterocycles. The van der Waals surface area contributed by atoms with Crippen molar-refractivity contribution in [3.63, 3.8) is 0 Å². The first-order valence-electron chi connectivity index (χ1n) is 6.07. The van der Waals surface area contributed by atoms with Crippen LogP contribution < -0.4 is 5.32 Å². The molecule has 3 unspecified atom stereocenters. The van der Waals surface area contributed by atoms with Crippen LogP contribution in [-0.2, 0) is 0 Å². The average molecular weight is 181 g/mol. The molecular formula is C12H23N. The van der Waals surface area contributed by atoms with Gasteiger partial charge in [0.1, 0.15) is 0 Å². The molecule has 1 aliphatic heterocycles. The molecule has 13 heavy (non-hydrogen) atoms. The topological polar surface area (TPSA) is 12.0 Å². The van der Waals surface area contributed by atoms with E-state index in [4.69, 9.17) is 0 Å². The highest BCUT2D eigenvalue weighted by molar-refractivity contribution is 4.80. The Balaban J connectivity index is 1.84. The van der Waals surface area contributed by atoms with E-state index in [2.05, 4.69) is 12.2 Å². The molecule has 2 aliphatic rings. The lowest BCUT2D eigenvalue weighted by molar-refractivity contribution is 0.303. The minimum absolute atomic E-state index is 1.02. The van der Waals surface area contributed by atoms with Gasteiger partial charge in [-0.05, 0) is 62.9 Å². The van der Waals surface area contributed by atoms with Gasteiger partial charge in [0.25, 0.3) is 0 Å². The van der Waals surface area contributed by atoms with Crippen LogP contribution in [0.4, 0.5) is 0 Å².